The van der Waals surface area contributed by atoms with E-state index in [4.69, 9.17) is 4.74 Å². The highest BCUT2D eigenvalue weighted by Gasteiger charge is 2.16. The summed E-state index contributed by atoms with van der Waals surface area (Å²) in [5.41, 5.74) is 1.23. The molecule has 5 heteroatoms. The minimum absolute atomic E-state index is 0.214. The zero-order chi connectivity index (χ0) is 19.4. The second-order valence-corrected chi connectivity index (χ2v) is 7.22. The van der Waals surface area contributed by atoms with E-state index >= 15 is 0 Å². The highest BCUT2D eigenvalue weighted by Crippen LogP contribution is 2.20. The maximum Gasteiger partial charge on any atom is 0.412 e. The van der Waals surface area contributed by atoms with Gasteiger partial charge in [-0.3, -0.25) is 10.1 Å². The molecule has 3 aromatic carbocycles. The summed E-state index contributed by atoms with van der Waals surface area (Å²) in [6.07, 6.45) is -0.532. The molecule has 0 radical (unpaired) electrons. The first-order valence-corrected chi connectivity index (χ1v) is 8.70. The van der Waals surface area contributed by atoms with Gasteiger partial charge in [-0.1, -0.05) is 30.3 Å². The van der Waals surface area contributed by atoms with E-state index in [1.54, 1.807) is 45.0 Å². The Kier molecular flexibility index (Phi) is 5.12. The quantitative estimate of drug-likeness (QED) is 0.652. The number of nitrogens with one attached hydrogen (secondary N) is 2. The van der Waals surface area contributed by atoms with E-state index in [1.165, 1.54) is 0 Å². The number of fused-ring (bicyclic) bond motifs is 1. The Morgan fingerprint density at radius 1 is 0.778 bits per heavy atom. The number of hydrogen-bond donors (Lipinski definition) is 2. The van der Waals surface area contributed by atoms with Crippen LogP contribution in [-0.4, -0.2) is 17.6 Å². The summed E-state index contributed by atoms with van der Waals surface area (Å²) < 4.78 is 5.20. The van der Waals surface area contributed by atoms with Gasteiger partial charge in [-0.15, -0.1) is 0 Å². The Hall–Kier alpha value is -3.34. The molecular weight excluding hydrogens is 340 g/mol. The molecule has 0 saturated carbocycles. The number of hydrogen-bond acceptors (Lipinski definition) is 3. The summed E-state index contributed by atoms with van der Waals surface area (Å²) in [5, 5.41) is 7.71. The van der Waals surface area contributed by atoms with Gasteiger partial charge in [0.2, 0.25) is 0 Å². The molecule has 2 N–H and O–H groups in total. The number of carbonyl (C=O) groups is 2. The summed E-state index contributed by atoms with van der Waals surface area (Å²) in [5.74, 6) is -0.214. The van der Waals surface area contributed by atoms with Crippen LogP contribution in [0, 0.1) is 0 Å². The van der Waals surface area contributed by atoms with Gasteiger partial charge in [0, 0.05) is 16.9 Å². The molecule has 0 aliphatic heterocycles. The van der Waals surface area contributed by atoms with Crippen LogP contribution in [0.15, 0.2) is 66.7 Å². The molecule has 138 valence electrons. The van der Waals surface area contributed by atoms with Crippen LogP contribution in [0.5, 0.6) is 0 Å². The van der Waals surface area contributed by atoms with Gasteiger partial charge >= 0.3 is 6.09 Å². The first kappa shape index (κ1) is 18.5. The van der Waals surface area contributed by atoms with Gasteiger partial charge in [0.1, 0.15) is 5.60 Å². The van der Waals surface area contributed by atoms with Crippen molar-refractivity contribution in [2.75, 3.05) is 10.6 Å². The SMILES string of the molecule is CC(C)(C)OC(=O)Nc1ccc(C(=O)Nc2ccc3ccccc3c2)cc1. The van der Waals surface area contributed by atoms with Gasteiger partial charge in [-0.2, -0.15) is 0 Å². The monoisotopic (exact) mass is 362 g/mol. The molecule has 0 heterocycles. The third kappa shape index (κ3) is 5.07. The molecule has 0 unspecified atom stereocenters. The molecule has 0 aliphatic carbocycles. The Labute approximate surface area is 158 Å². The van der Waals surface area contributed by atoms with E-state index < -0.39 is 11.7 Å². The number of amides is 2. The fourth-order valence-electron chi connectivity index (χ4n) is 2.60. The second kappa shape index (κ2) is 7.50. The van der Waals surface area contributed by atoms with Gasteiger partial charge in [0.15, 0.2) is 0 Å². The van der Waals surface area contributed by atoms with Crippen LogP contribution < -0.4 is 10.6 Å². The minimum Gasteiger partial charge on any atom is -0.444 e. The minimum atomic E-state index is -0.566. The lowest BCUT2D eigenvalue weighted by Crippen LogP contribution is -2.27. The first-order valence-electron chi connectivity index (χ1n) is 8.70. The first-order chi connectivity index (χ1) is 12.8. The molecule has 0 aromatic heterocycles. The smallest absolute Gasteiger partial charge is 0.412 e. The lowest BCUT2D eigenvalue weighted by molar-refractivity contribution is 0.0636. The van der Waals surface area contributed by atoms with Crippen LogP contribution in [-0.2, 0) is 4.74 Å². The fraction of sp³-hybridized carbons (Fsp3) is 0.182. The van der Waals surface area contributed by atoms with Crippen molar-refractivity contribution in [3.05, 3.63) is 72.3 Å². The van der Waals surface area contributed by atoms with Crippen molar-refractivity contribution in [2.24, 2.45) is 0 Å². The Balaban J connectivity index is 1.65. The van der Waals surface area contributed by atoms with Gasteiger partial charge in [-0.25, -0.2) is 4.79 Å². The van der Waals surface area contributed by atoms with E-state index in [-0.39, 0.29) is 5.91 Å². The summed E-state index contributed by atoms with van der Waals surface area (Å²) in [7, 11) is 0. The van der Waals surface area contributed by atoms with E-state index in [2.05, 4.69) is 10.6 Å². The fourth-order valence-corrected chi connectivity index (χ4v) is 2.60. The zero-order valence-electron chi connectivity index (χ0n) is 15.6. The van der Waals surface area contributed by atoms with Gasteiger partial charge in [-0.05, 0) is 67.9 Å². The zero-order valence-corrected chi connectivity index (χ0v) is 15.6. The van der Waals surface area contributed by atoms with E-state index in [1.807, 2.05) is 42.5 Å². The second-order valence-electron chi connectivity index (χ2n) is 7.22. The van der Waals surface area contributed by atoms with Crippen molar-refractivity contribution in [1.82, 2.24) is 0 Å². The molecule has 0 fully saturated rings. The lowest BCUT2D eigenvalue weighted by Gasteiger charge is -2.19. The maximum atomic E-state index is 12.4. The van der Waals surface area contributed by atoms with Crippen LogP contribution in [0.3, 0.4) is 0 Å². The normalized spacial score (nSPS) is 11.1. The van der Waals surface area contributed by atoms with Crippen LogP contribution in [0.25, 0.3) is 10.8 Å². The molecule has 2 amide bonds. The standard InChI is InChI=1S/C22H22N2O3/c1-22(2,3)27-21(26)24-18-11-9-16(10-12-18)20(25)23-19-13-8-15-6-4-5-7-17(15)14-19/h4-14H,1-3H3,(H,23,25)(H,24,26). The average molecular weight is 362 g/mol. The number of anilines is 2. The number of carbonyl (C=O) groups excluding carboxylic acids is 2. The molecule has 0 spiro atoms. The predicted molar refractivity (Wildman–Crippen MR) is 108 cm³/mol. The van der Waals surface area contributed by atoms with Crippen LogP contribution >= 0.6 is 0 Å². The molecule has 5 nitrogen and oxygen atoms in total. The molecule has 0 bridgehead atoms. The summed E-state index contributed by atoms with van der Waals surface area (Å²) in [4.78, 5) is 24.2. The van der Waals surface area contributed by atoms with E-state index in [9.17, 15) is 9.59 Å². The van der Waals surface area contributed by atoms with E-state index in [0.717, 1.165) is 16.5 Å². The van der Waals surface area contributed by atoms with Gasteiger partial charge in [0.25, 0.3) is 5.91 Å². The maximum absolute atomic E-state index is 12.4. The molecule has 27 heavy (non-hydrogen) atoms. The third-order valence-electron chi connectivity index (χ3n) is 3.80. The Morgan fingerprint density at radius 2 is 1.41 bits per heavy atom. The topological polar surface area (TPSA) is 67.4 Å². The van der Waals surface area contributed by atoms with Crippen molar-refractivity contribution in [3.63, 3.8) is 0 Å². The summed E-state index contributed by atoms with van der Waals surface area (Å²) in [6, 6.07) is 20.4. The molecule has 0 saturated heterocycles. The van der Waals surface area contributed by atoms with Crippen LogP contribution in [0.2, 0.25) is 0 Å². The molecule has 0 atom stereocenters. The lowest BCUT2D eigenvalue weighted by atomic mass is 10.1. The third-order valence-corrected chi connectivity index (χ3v) is 3.80. The molecule has 3 aromatic rings. The average Bonchev–Trinajstić information content (AvgIpc) is 2.60. The van der Waals surface area contributed by atoms with Crippen LogP contribution in [0.1, 0.15) is 31.1 Å². The van der Waals surface area contributed by atoms with Gasteiger partial charge < -0.3 is 10.1 Å². The number of benzene rings is 3. The predicted octanol–water partition coefficient (Wildman–Crippen LogP) is 5.44. The molecule has 0 aliphatic rings. The van der Waals surface area contributed by atoms with Crippen molar-refractivity contribution < 1.29 is 14.3 Å². The Morgan fingerprint density at radius 3 is 2.07 bits per heavy atom. The number of rotatable bonds is 3. The van der Waals surface area contributed by atoms with Crippen molar-refractivity contribution >= 4 is 34.1 Å². The summed E-state index contributed by atoms with van der Waals surface area (Å²) >= 11 is 0. The molecular formula is C22H22N2O3. The van der Waals surface area contributed by atoms with E-state index in [0.29, 0.717) is 11.3 Å². The Bertz CT molecular complexity index is 973. The van der Waals surface area contributed by atoms with Crippen LogP contribution in [0.4, 0.5) is 16.2 Å². The largest absolute Gasteiger partial charge is 0.444 e. The van der Waals surface area contributed by atoms with Gasteiger partial charge in [0.05, 0.1) is 0 Å². The molecule has 3 rings (SSSR count). The van der Waals surface area contributed by atoms with Crippen molar-refractivity contribution in [3.8, 4) is 0 Å². The number of ether oxygens (including phenoxy) is 1. The van der Waals surface area contributed by atoms with Crippen molar-refractivity contribution in [2.45, 2.75) is 26.4 Å². The highest BCUT2D eigenvalue weighted by atomic mass is 16.6. The summed E-state index contributed by atoms with van der Waals surface area (Å²) in [6.45, 7) is 5.40. The highest BCUT2D eigenvalue weighted by molar-refractivity contribution is 6.05. The van der Waals surface area contributed by atoms with Crippen molar-refractivity contribution in [1.29, 1.82) is 0 Å².